The van der Waals surface area contributed by atoms with E-state index in [0.29, 0.717) is 16.5 Å². The fourth-order valence-corrected chi connectivity index (χ4v) is 4.92. The van der Waals surface area contributed by atoms with E-state index in [1.54, 1.807) is 24.3 Å². The van der Waals surface area contributed by atoms with Crippen molar-refractivity contribution in [2.24, 2.45) is 5.92 Å². The summed E-state index contributed by atoms with van der Waals surface area (Å²) in [7, 11) is -0.636. The molecular weight excluding hydrogens is 448 g/mol. The van der Waals surface area contributed by atoms with Crippen LogP contribution in [0.15, 0.2) is 36.4 Å². The van der Waals surface area contributed by atoms with Crippen molar-refractivity contribution in [1.82, 2.24) is 10.6 Å². The molecule has 0 aliphatic carbocycles. The van der Waals surface area contributed by atoms with Crippen LogP contribution in [0.25, 0.3) is 0 Å². The number of halogens is 2. The van der Waals surface area contributed by atoms with E-state index < -0.39 is 43.5 Å². The summed E-state index contributed by atoms with van der Waals surface area (Å²) in [6.07, 6.45) is 0.0147. The van der Waals surface area contributed by atoms with Gasteiger partial charge in [-0.05, 0) is 28.9 Å². The van der Waals surface area contributed by atoms with Crippen molar-refractivity contribution in [3.63, 3.8) is 0 Å². The van der Waals surface area contributed by atoms with E-state index in [9.17, 15) is 23.2 Å². The Balaban J connectivity index is 1.88. The zero-order chi connectivity index (χ0) is 24.3. The van der Waals surface area contributed by atoms with E-state index in [-0.39, 0.29) is 24.6 Å². The molecule has 3 N–H and O–H groups in total. The van der Waals surface area contributed by atoms with Crippen LogP contribution in [-0.4, -0.2) is 39.4 Å². The van der Waals surface area contributed by atoms with E-state index >= 15 is 0 Å². The van der Waals surface area contributed by atoms with Crippen LogP contribution in [-0.2, 0) is 14.4 Å². The second-order valence-electron chi connectivity index (χ2n) is 8.97. The van der Waals surface area contributed by atoms with Gasteiger partial charge in [0.2, 0.25) is 11.8 Å². The lowest BCUT2D eigenvalue weighted by Gasteiger charge is -2.22. The number of rotatable bonds is 7. The van der Waals surface area contributed by atoms with Crippen LogP contribution in [0.2, 0.25) is 19.6 Å². The molecule has 1 aliphatic rings. The number of amides is 3. The minimum atomic E-state index is -2.13. The van der Waals surface area contributed by atoms with E-state index in [1.807, 2.05) is 19.6 Å². The number of nitrogens with one attached hydrogen (secondary N) is 3. The van der Waals surface area contributed by atoms with E-state index in [2.05, 4.69) is 16.0 Å². The van der Waals surface area contributed by atoms with Crippen molar-refractivity contribution in [3.8, 4) is 5.75 Å². The van der Waals surface area contributed by atoms with Crippen LogP contribution in [0.5, 0.6) is 5.75 Å². The minimum Gasteiger partial charge on any atom is -0.497 e. The lowest BCUT2D eigenvalue weighted by atomic mass is 10.0. The maximum Gasteiger partial charge on any atom is 0.251 e. The molecule has 1 fully saturated rings. The Hall–Kier alpha value is -3.27. The Morgan fingerprint density at radius 3 is 2.33 bits per heavy atom. The number of benzene rings is 2. The molecule has 2 aromatic rings. The maximum atomic E-state index is 14.7. The highest BCUT2D eigenvalue weighted by molar-refractivity contribution is 6.88. The van der Waals surface area contributed by atoms with Crippen molar-refractivity contribution in [1.29, 1.82) is 0 Å². The predicted molar refractivity (Wildman–Crippen MR) is 123 cm³/mol. The first-order valence-electron chi connectivity index (χ1n) is 10.5. The summed E-state index contributed by atoms with van der Waals surface area (Å²) in [6, 6.07) is 7.30. The van der Waals surface area contributed by atoms with Gasteiger partial charge < -0.3 is 20.7 Å². The molecule has 33 heavy (non-hydrogen) atoms. The van der Waals surface area contributed by atoms with Gasteiger partial charge in [-0.3, -0.25) is 14.4 Å². The fraction of sp³-hybridized carbons (Fsp3) is 0.348. The molecule has 3 amide bonds. The third-order valence-electron chi connectivity index (χ3n) is 5.47. The molecule has 0 saturated carbocycles. The molecule has 0 spiro atoms. The topological polar surface area (TPSA) is 96.5 Å². The predicted octanol–water partition coefficient (Wildman–Crippen LogP) is 2.45. The molecule has 1 aliphatic heterocycles. The quantitative estimate of drug-likeness (QED) is 0.536. The van der Waals surface area contributed by atoms with E-state index in [4.69, 9.17) is 4.74 Å². The highest BCUT2D eigenvalue weighted by Crippen LogP contribution is 2.23. The van der Waals surface area contributed by atoms with Crippen molar-refractivity contribution in [2.75, 3.05) is 19.0 Å². The average Bonchev–Trinajstić information content (AvgIpc) is 3.20. The van der Waals surface area contributed by atoms with Crippen LogP contribution in [0.4, 0.5) is 14.5 Å². The van der Waals surface area contributed by atoms with Gasteiger partial charge in [0, 0.05) is 19.0 Å². The number of hydrogen-bond acceptors (Lipinski definition) is 4. The molecule has 0 bridgehead atoms. The van der Waals surface area contributed by atoms with E-state index in [1.165, 1.54) is 7.11 Å². The lowest BCUT2D eigenvalue weighted by molar-refractivity contribution is -0.129. The summed E-state index contributed by atoms with van der Waals surface area (Å²) in [4.78, 5) is 37.3. The summed E-state index contributed by atoms with van der Waals surface area (Å²) < 4.78 is 34.5. The molecule has 0 aromatic heterocycles. The Morgan fingerprint density at radius 2 is 1.79 bits per heavy atom. The van der Waals surface area contributed by atoms with Gasteiger partial charge in [0.1, 0.15) is 23.4 Å². The highest BCUT2D eigenvalue weighted by Gasteiger charge is 2.32. The van der Waals surface area contributed by atoms with Gasteiger partial charge in [0.25, 0.3) is 5.91 Å². The number of carbonyl (C=O) groups is 3. The number of hydrogen-bond donors (Lipinski definition) is 3. The molecule has 1 saturated heterocycles. The Morgan fingerprint density at radius 1 is 1.12 bits per heavy atom. The fourth-order valence-electron chi connectivity index (χ4n) is 3.57. The third kappa shape index (κ3) is 5.75. The Kier molecular flexibility index (Phi) is 7.16. The van der Waals surface area contributed by atoms with Crippen LogP contribution >= 0.6 is 0 Å². The third-order valence-corrected chi connectivity index (χ3v) is 7.47. The van der Waals surface area contributed by atoms with Crippen molar-refractivity contribution in [2.45, 2.75) is 32.1 Å². The van der Waals surface area contributed by atoms with Gasteiger partial charge in [-0.1, -0.05) is 31.8 Å². The first-order valence-corrected chi connectivity index (χ1v) is 14.0. The van der Waals surface area contributed by atoms with Gasteiger partial charge in [0.05, 0.1) is 26.8 Å². The first kappa shape index (κ1) is 24.4. The van der Waals surface area contributed by atoms with Crippen molar-refractivity contribution in [3.05, 3.63) is 53.6 Å². The molecule has 10 heteroatoms. The molecule has 3 rings (SSSR count). The van der Waals surface area contributed by atoms with Crippen LogP contribution in [0.3, 0.4) is 0 Å². The van der Waals surface area contributed by atoms with Crippen LogP contribution in [0, 0.1) is 17.6 Å². The summed E-state index contributed by atoms with van der Waals surface area (Å²) in [5.74, 6) is -2.92. The van der Waals surface area contributed by atoms with Crippen LogP contribution in [0.1, 0.15) is 18.0 Å². The molecule has 1 heterocycles. The second kappa shape index (κ2) is 9.70. The molecular formula is C23H27F2N3O4Si. The summed E-state index contributed by atoms with van der Waals surface area (Å²) in [5.41, 5.74) is 0.100. The number of methoxy groups -OCH3 is 1. The average molecular weight is 476 g/mol. The van der Waals surface area contributed by atoms with Gasteiger partial charge in [-0.15, -0.1) is 0 Å². The van der Waals surface area contributed by atoms with Crippen molar-refractivity contribution >= 4 is 36.7 Å². The Labute approximate surface area is 191 Å². The first-order chi connectivity index (χ1) is 15.5. The second-order valence-corrected chi connectivity index (χ2v) is 14.0. The van der Waals surface area contributed by atoms with Gasteiger partial charge >= 0.3 is 0 Å². The largest absolute Gasteiger partial charge is 0.497 e. The molecule has 7 nitrogen and oxygen atoms in total. The Bertz CT molecular complexity index is 1070. The van der Waals surface area contributed by atoms with Gasteiger partial charge in [-0.25, -0.2) is 8.78 Å². The lowest BCUT2D eigenvalue weighted by Crippen LogP contribution is -2.41. The standard InChI is InChI=1S/C23H27F2N3O4Si/c1-32-15-7-5-13(6-8-15)21(28-22(30)14-9-20(29)26-12-14)23(31)27-18-10-17(25)19(11-16(18)24)33(2,3)4/h5-8,10-11,14,21H,9,12H2,1-4H3,(H,26,29)(H,27,31)(H,28,30). The van der Waals surface area contributed by atoms with E-state index in [0.717, 1.165) is 12.1 Å². The highest BCUT2D eigenvalue weighted by atomic mass is 28.3. The normalized spacial score (nSPS) is 16.7. The van der Waals surface area contributed by atoms with Gasteiger partial charge in [0.15, 0.2) is 0 Å². The summed E-state index contributed by atoms with van der Waals surface area (Å²) in [5, 5.41) is 7.91. The van der Waals surface area contributed by atoms with Crippen molar-refractivity contribution < 1.29 is 27.9 Å². The zero-order valence-corrected chi connectivity index (χ0v) is 19.9. The molecule has 0 radical (unpaired) electrons. The van der Waals surface area contributed by atoms with Crippen LogP contribution < -0.4 is 25.9 Å². The number of anilines is 1. The smallest absolute Gasteiger partial charge is 0.251 e. The monoisotopic (exact) mass is 475 g/mol. The molecule has 176 valence electrons. The molecule has 2 unspecified atom stereocenters. The molecule has 2 atom stereocenters. The number of carbonyl (C=O) groups excluding carboxylic acids is 3. The minimum absolute atomic E-state index is 0.0147. The summed E-state index contributed by atoms with van der Waals surface area (Å²) in [6.45, 7) is 5.84. The van der Waals surface area contributed by atoms with Gasteiger partial charge in [-0.2, -0.15) is 0 Å². The summed E-state index contributed by atoms with van der Waals surface area (Å²) >= 11 is 0. The maximum absolute atomic E-state index is 14.7. The SMILES string of the molecule is COc1ccc(C(NC(=O)C2CNC(=O)C2)C(=O)Nc2cc(F)c([Si](C)(C)C)cc2F)cc1. The molecule has 2 aromatic carbocycles. The number of ether oxygens (including phenoxy) is 1. The zero-order valence-electron chi connectivity index (χ0n) is 18.9.